The normalized spacial score (nSPS) is 19.8. The van der Waals surface area contributed by atoms with E-state index in [0.29, 0.717) is 23.3 Å². The predicted molar refractivity (Wildman–Crippen MR) is 129 cm³/mol. The second kappa shape index (κ2) is 9.57. The summed E-state index contributed by atoms with van der Waals surface area (Å²) in [5.41, 5.74) is 11.4. The Morgan fingerprint density at radius 2 is 2.12 bits per heavy atom. The quantitative estimate of drug-likeness (QED) is 0.382. The van der Waals surface area contributed by atoms with Crippen LogP contribution in [0.3, 0.4) is 0 Å². The minimum atomic E-state index is -0.224. The highest BCUT2D eigenvalue weighted by Crippen LogP contribution is 2.43. The third-order valence-corrected chi connectivity index (χ3v) is 7.36. The molecule has 33 heavy (non-hydrogen) atoms. The Morgan fingerprint density at radius 3 is 3.00 bits per heavy atom. The van der Waals surface area contributed by atoms with Gasteiger partial charge in [0.05, 0.1) is 5.52 Å². The van der Waals surface area contributed by atoms with Gasteiger partial charge in [-0.25, -0.2) is 9.37 Å². The number of hydrogen-bond donors (Lipinski definition) is 2. The molecule has 2 aromatic heterocycles. The Labute approximate surface area is 193 Å². The molecule has 1 aliphatic carbocycles. The van der Waals surface area contributed by atoms with Gasteiger partial charge in [0.2, 0.25) is 0 Å². The Bertz CT molecular complexity index is 1250. The van der Waals surface area contributed by atoms with Crippen molar-refractivity contribution >= 4 is 22.0 Å². The molecule has 0 aliphatic heterocycles. The Balaban J connectivity index is 1.29. The Hall–Kier alpha value is -2.83. The predicted octanol–water partition coefficient (Wildman–Crippen LogP) is 5.67. The van der Waals surface area contributed by atoms with Gasteiger partial charge in [0.1, 0.15) is 11.3 Å². The van der Waals surface area contributed by atoms with Crippen LogP contribution in [0.5, 0.6) is 0 Å². The molecule has 0 radical (unpaired) electrons. The SMILES string of the molecule is CC(CNCc1cccc2ocnc12)[C@@H]1CCCC(c2c(CN)c(F)cc3ncccc23)C1. The van der Waals surface area contributed by atoms with E-state index >= 15 is 0 Å². The number of aromatic nitrogens is 2. The maximum atomic E-state index is 14.9. The number of fused-ring (bicyclic) bond motifs is 2. The monoisotopic (exact) mass is 446 g/mol. The van der Waals surface area contributed by atoms with Gasteiger partial charge in [-0.05, 0) is 60.4 Å². The summed E-state index contributed by atoms with van der Waals surface area (Å²) in [5.74, 6) is 1.19. The summed E-state index contributed by atoms with van der Waals surface area (Å²) < 4.78 is 20.3. The third-order valence-electron chi connectivity index (χ3n) is 7.36. The lowest BCUT2D eigenvalue weighted by Gasteiger charge is -2.35. The van der Waals surface area contributed by atoms with Crippen LogP contribution in [0.4, 0.5) is 4.39 Å². The van der Waals surface area contributed by atoms with Gasteiger partial charge in [0, 0.05) is 36.3 Å². The van der Waals surface area contributed by atoms with Crippen LogP contribution in [0, 0.1) is 17.7 Å². The van der Waals surface area contributed by atoms with E-state index < -0.39 is 0 Å². The second-order valence-corrected chi connectivity index (χ2v) is 9.37. The van der Waals surface area contributed by atoms with Crippen LogP contribution in [0.25, 0.3) is 22.0 Å². The molecule has 0 bridgehead atoms. The number of rotatable bonds is 7. The van der Waals surface area contributed by atoms with E-state index in [1.54, 1.807) is 6.20 Å². The van der Waals surface area contributed by atoms with Crippen LogP contribution in [-0.4, -0.2) is 16.5 Å². The fraction of sp³-hybridized carbons (Fsp3) is 0.407. The zero-order chi connectivity index (χ0) is 22.8. The molecular weight excluding hydrogens is 415 g/mol. The third kappa shape index (κ3) is 4.37. The second-order valence-electron chi connectivity index (χ2n) is 9.37. The zero-order valence-corrected chi connectivity index (χ0v) is 19.1. The van der Waals surface area contributed by atoms with E-state index in [2.05, 4.69) is 34.3 Å². The van der Waals surface area contributed by atoms with Crippen LogP contribution in [0.15, 0.2) is 53.4 Å². The van der Waals surface area contributed by atoms with Crippen molar-refractivity contribution in [3.63, 3.8) is 0 Å². The molecule has 1 fully saturated rings. The molecule has 172 valence electrons. The maximum absolute atomic E-state index is 14.9. The van der Waals surface area contributed by atoms with E-state index in [9.17, 15) is 4.39 Å². The molecule has 5 nitrogen and oxygen atoms in total. The molecule has 2 aromatic carbocycles. The number of nitrogens with one attached hydrogen (secondary N) is 1. The van der Waals surface area contributed by atoms with E-state index in [4.69, 9.17) is 10.2 Å². The molecule has 3 N–H and O–H groups in total. The first-order chi connectivity index (χ1) is 16.2. The first-order valence-electron chi connectivity index (χ1n) is 11.9. The van der Waals surface area contributed by atoms with Gasteiger partial charge in [-0.3, -0.25) is 4.98 Å². The molecule has 1 saturated carbocycles. The van der Waals surface area contributed by atoms with Gasteiger partial charge in [-0.2, -0.15) is 0 Å². The first kappa shape index (κ1) is 22.0. The van der Waals surface area contributed by atoms with E-state index in [1.165, 1.54) is 18.9 Å². The van der Waals surface area contributed by atoms with Crippen molar-refractivity contribution in [2.24, 2.45) is 17.6 Å². The van der Waals surface area contributed by atoms with Gasteiger partial charge in [-0.1, -0.05) is 38.0 Å². The molecule has 6 heteroatoms. The molecule has 2 heterocycles. The van der Waals surface area contributed by atoms with Crippen LogP contribution in [-0.2, 0) is 13.1 Å². The van der Waals surface area contributed by atoms with Crippen molar-refractivity contribution in [1.82, 2.24) is 15.3 Å². The summed E-state index contributed by atoms with van der Waals surface area (Å²) in [6.07, 6.45) is 7.72. The van der Waals surface area contributed by atoms with Gasteiger partial charge in [0.25, 0.3) is 0 Å². The average molecular weight is 447 g/mol. The summed E-state index contributed by atoms with van der Waals surface area (Å²) >= 11 is 0. The van der Waals surface area contributed by atoms with Gasteiger partial charge in [-0.15, -0.1) is 0 Å². The summed E-state index contributed by atoms with van der Waals surface area (Å²) in [4.78, 5) is 8.76. The molecule has 0 saturated heterocycles. The number of oxazole rings is 1. The number of nitrogens with two attached hydrogens (primary N) is 1. The minimum absolute atomic E-state index is 0.220. The lowest BCUT2D eigenvalue weighted by atomic mass is 9.71. The average Bonchev–Trinajstić information content (AvgIpc) is 3.33. The lowest BCUT2D eigenvalue weighted by molar-refractivity contribution is 0.235. The van der Waals surface area contributed by atoms with Crippen LogP contribution >= 0.6 is 0 Å². The first-order valence-corrected chi connectivity index (χ1v) is 11.9. The van der Waals surface area contributed by atoms with Crippen LogP contribution in [0.2, 0.25) is 0 Å². The molecule has 1 aliphatic rings. The number of hydrogen-bond acceptors (Lipinski definition) is 5. The molecular formula is C27H31FN4O. The highest BCUT2D eigenvalue weighted by Gasteiger charge is 2.30. The van der Waals surface area contributed by atoms with Crippen molar-refractivity contribution < 1.29 is 8.81 Å². The van der Waals surface area contributed by atoms with Gasteiger partial charge in [0.15, 0.2) is 12.0 Å². The number of halogens is 1. The summed E-state index contributed by atoms with van der Waals surface area (Å²) in [6.45, 7) is 4.24. The van der Waals surface area contributed by atoms with Crippen LogP contribution in [0.1, 0.15) is 55.2 Å². The fourth-order valence-electron chi connectivity index (χ4n) is 5.63. The molecule has 5 rings (SSSR count). The zero-order valence-electron chi connectivity index (χ0n) is 19.1. The van der Waals surface area contributed by atoms with E-state index in [1.807, 2.05) is 18.2 Å². The van der Waals surface area contributed by atoms with Crippen molar-refractivity contribution in [3.05, 3.63) is 71.5 Å². The molecule has 4 aromatic rings. The Kier molecular flexibility index (Phi) is 6.38. The largest absolute Gasteiger partial charge is 0.443 e. The topological polar surface area (TPSA) is 77.0 Å². The highest BCUT2D eigenvalue weighted by atomic mass is 19.1. The lowest BCUT2D eigenvalue weighted by Crippen LogP contribution is -2.29. The van der Waals surface area contributed by atoms with Crippen LogP contribution < -0.4 is 11.1 Å². The maximum Gasteiger partial charge on any atom is 0.181 e. The van der Waals surface area contributed by atoms with E-state index in [0.717, 1.165) is 65.5 Å². The summed E-state index contributed by atoms with van der Waals surface area (Å²) in [7, 11) is 0. The number of para-hydroxylation sites is 1. The molecule has 0 amide bonds. The van der Waals surface area contributed by atoms with Gasteiger partial charge < -0.3 is 15.5 Å². The molecule has 3 atom stereocenters. The van der Waals surface area contributed by atoms with Crippen molar-refractivity contribution in [2.45, 2.75) is 51.6 Å². The van der Waals surface area contributed by atoms with Gasteiger partial charge >= 0.3 is 0 Å². The fourth-order valence-corrected chi connectivity index (χ4v) is 5.63. The number of nitrogens with zero attached hydrogens (tertiary/aromatic N) is 2. The Morgan fingerprint density at radius 1 is 1.21 bits per heavy atom. The van der Waals surface area contributed by atoms with E-state index in [-0.39, 0.29) is 12.4 Å². The summed E-state index contributed by atoms with van der Waals surface area (Å²) in [5, 5.41) is 4.68. The van der Waals surface area contributed by atoms with Crippen molar-refractivity contribution in [2.75, 3.05) is 6.54 Å². The smallest absolute Gasteiger partial charge is 0.181 e. The summed E-state index contributed by atoms with van der Waals surface area (Å²) in [6, 6.07) is 11.6. The number of pyridine rings is 1. The molecule has 0 spiro atoms. The standard InChI is InChI=1S/C27H31FN4O/c1-17(14-30-15-20-7-3-9-25-27(20)32-16-33-25)18-5-2-6-19(11-18)26-21-8-4-10-31-24(21)12-23(28)22(26)13-29/h3-4,7-10,12,16-19,30H,2,5-6,11,13-15,29H2,1H3/t17?,18-,19?/m1/s1. The van der Waals surface area contributed by atoms with Crippen molar-refractivity contribution in [1.29, 1.82) is 0 Å². The highest BCUT2D eigenvalue weighted by molar-refractivity contribution is 5.84. The van der Waals surface area contributed by atoms with Crippen molar-refractivity contribution in [3.8, 4) is 0 Å². The molecule has 2 unspecified atom stereocenters. The number of benzene rings is 2. The minimum Gasteiger partial charge on any atom is -0.443 e.